The Bertz CT molecular complexity index is 556. The molecule has 2 amide bonds. The van der Waals surface area contributed by atoms with Crippen LogP contribution in [0.25, 0.3) is 0 Å². The Balaban J connectivity index is 1.93. The molecule has 1 heterocycles. The molecule has 0 saturated carbocycles. The summed E-state index contributed by atoms with van der Waals surface area (Å²) in [4.78, 5) is 26.3. The molecular formula is C19H28N2O3. The SMILES string of the molecule is CCCC[C@@H](C)NC(=O)[C@@H]1CC(=O)N(c2ccc(OCC)cc2)C1. The van der Waals surface area contributed by atoms with E-state index in [1.807, 2.05) is 38.1 Å². The van der Waals surface area contributed by atoms with Crippen LogP contribution in [0.4, 0.5) is 5.69 Å². The molecule has 2 rings (SSSR count). The molecule has 1 fully saturated rings. The minimum atomic E-state index is -0.270. The van der Waals surface area contributed by atoms with E-state index in [1.165, 1.54) is 0 Å². The summed E-state index contributed by atoms with van der Waals surface area (Å²) in [5.41, 5.74) is 0.817. The smallest absolute Gasteiger partial charge is 0.227 e. The Labute approximate surface area is 144 Å². The van der Waals surface area contributed by atoms with E-state index >= 15 is 0 Å². The van der Waals surface area contributed by atoms with Gasteiger partial charge in [0.15, 0.2) is 0 Å². The fraction of sp³-hybridized carbons (Fsp3) is 0.579. The molecule has 0 spiro atoms. The molecule has 0 aliphatic carbocycles. The predicted octanol–water partition coefficient (Wildman–Crippen LogP) is 3.13. The molecule has 5 nitrogen and oxygen atoms in total. The van der Waals surface area contributed by atoms with Crippen LogP contribution in [0.15, 0.2) is 24.3 Å². The summed E-state index contributed by atoms with van der Waals surface area (Å²) in [5, 5.41) is 3.04. The van der Waals surface area contributed by atoms with Gasteiger partial charge in [-0.2, -0.15) is 0 Å². The maximum absolute atomic E-state index is 12.4. The highest BCUT2D eigenvalue weighted by Gasteiger charge is 2.35. The van der Waals surface area contributed by atoms with Gasteiger partial charge in [0.25, 0.3) is 0 Å². The van der Waals surface area contributed by atoms with Crippen LogP contribution in [-0.4, -0.2) is 31.0 Å². The molecule has 0 unspecified atom stereocenters. The molecule has 1 aromatic rings. The van der Waals surface area contributed by atoms with E-state index in [4.69, 9.17) is 4.74 Å². The molecule has 1 aromatic carbocycles. The highest BCUT2D eigenvalue weighted by atomic mass is 16.5. The molecule has 1 aliphatic rings. The second-order valence-electron chi connectivity index (χ2n) is 6.38. The van der Waals surface area contributed by atoms with E-state index in [2.05, 4.69) is 12.2 Å². The molecule has 24 heavy (non-hydrogen) atoms. The molecule has 2 atom stereocenters. The van der Waals surface area contributed by atoms with Gasteiger partial charge in [0.1, 0.15) is 5.75 Å². The third kappa shape index (κ3) is 4.73. The first-order chi connectivity index (χ1) is 11.5. The van der Waals surface area contributed by atoms with Crippen molar-refractivity contribution in [1.29, 1.82) is 0 Å². The van der Waals surface area contributed by atoms with E-state index in [0.29, 0.717) is 13.2 Å². The maximum Gasteiger partial charge on any atom is 0.227 e. The van der Waals surface area contributed by atoms with Crippen LogP contribution < -0.4 is 15.0 Å². The zero-order chi connectivity index (χ0) is 17.5. The lowest BCUT2D eigenvalue weighted by Crippen LogP contribution is -2.38. The topological polar surface area (TPSA) is 58.6 Å². The van der Waals surface area contributed by atoms with Crippen molar-refractivity contribution >= 4 is 17.5 Å². The van der Waals surface area contributed by atoms with Gasteiger partial charge in [-0.1, -0.05) is 19.8 Å². The third-order valence-corrected chi connectivity index (χ3v) is 4.33. The average Bonchev–Trinajstić information content (AvgIpc) is 2.96. The Morgan fingerprint density at radius 3 is 2.67 bits per heavy atom. The van der Waals surface area contributed by atoms with Crippen molar-refractivity contribution in [3.8, 4) is 5.75 Å². The lowest BCUT2D eigenvalue weighted by Gasteiger charge is -2.18. The van der Waals surface area contributed by atoms with Crippen molar-refractivity contribution in [3.05, 3.63) is 24.3 Å². The Hall–Kier alpha value is -2.04. The number of unbranched alkanes of at least 4 members (excludes halogenated alkanes) is 1. The van der Waals surface area contributed by atoms with Crippen LogP contribution in [-0.2, 0) is 9.59 Å². The maximum atomic E-state index is 12.4. The van der Waals surface area contributed by atoms with Gasteiger partial charge in [0, 0.05) is 24.7 Å². The first kappa shape index (κ1) is 18.3. The molecular weight excluding hydrogens is 304 g/mol. The van der Waals surface area contributed by atoms with E-state index in [1.54, 1.807) is 4.90 Å². The minimum absolute atomic E-state index is 0.000483. The summed E-state index contributed by atoms with van der Waals surface area (Å²) in [6, 6.07) is 7.60. The first-order valence-electron chi connectivity index (χ1n) is 8.88. The van der Waals surface area contributed by atoms with Crippen molar-refractivity contribution in [1.82, 2.24) is 5.32 Å². The van der Waals surface area contributed by atoms with Crippen molar-refractivity contribution in [2.45, 2.75) is 52.5 Å². The van der Waals surface area contributed by atoms with E-state index < -0.39 is 0 Å². The van der Waals surface area contributed by atoms with Gasteiger partial charge in [-0.15, -0.1) is 0 Å². The van der Waals surface area contributed by atoms with Gasteiger partial charge in [-0.25, -0.2) is 0 Å². The number of anilines is 1. The van der Waals surface area contributed by atoms with Gasteiger partial charge in [0.05, 0.1) is 12.5 Å². The number of amides is 2. The van der Waals surface area contributed by atoms with E-state index in [9.17, 15) is 9.59 Å². The van der Waals surface area contributed by atoms with E-state index in [-0.39, 0.29) is 30.2 Å². The summed E-state index contributed by atoms with van der Waals surface area (Å²) in [6.45, 7) is 7.15. The fourth-order valence-corrected chi connectivity index (χ4v) is 2.96. The second-order valence-corrected chi connectivity index (χ2v) is 6.38. The number of carbonyl (C=O) groups excluding carboxylic acids is 2. The number of nitrogens with zero attached hydrogens (tertiary/aromatic N) is 1. The molecule has 1 N–H and O–H groups in total. The highest BCUT2D eigenvalue weighted by molar-refractivity contribution is 6.00. The summed E-state index contributed by atoms with van der Waals surface area (Å²) in [5.74, 6) is 0.501. The molecule has 0 bridgehead atoms. The Kier molecular flexibility index (Phi) is 6.64. The number of nitrogens with one attached hydrogen (secondary N) is 1. The van der Waals surface area contributed by atoms with Crippen LogP contribution >= 0.6 is 0 Å². The zero-order valence-electron chi connectivity index (χ0n) is 14.9. The second kappa shape index (κ2) is 8.71. The molecule has 1 saturated heterocycles. The van der Waals surface area contributed by atoms with E-state index in [0.717, 1.165) is 30.7 Å². The summed E-state index contributed by atoms with van der Waals surface area (Å²) in [7, 11) is 0. The minimum Gasteiger partial charge on any atom is -0.494 e. The molecule has 0 radical (unpaired) electrons. The number of hydrogen-bond donors (Lipinski definition) is 1. The van der Waals surface area contributed by atoms with Crippen LogP contribution in [0.2, 0.25) is 0 Å². The van der Waals surface area contributed by atoms with Gasteiger partial charge in [-0.05, 0) is 44.5 Å². The van der Waals surface area contributed by atoms with Crippen molar-refractivity contribution in [2.24, 2.45) is 5.92 Å². The molecule has 132 valence electrons. The summed E-state index contributed by atoms with van der Waals surface area (Å²) in [6.07, 6.45) is 3.47. The number of benzene rings is 1. The summed E-state index contributed by atoms with van der Waals surface area (Å²) < 4.78 is 5.42. The number of rotatable bonds is 8. The normalized spacial score (nSPS) is 18.5. The first-order valence-corrected chi connectivity index (χ1v) is 8.88. The van der Waals surface area contributed by atoms with Crippen molar-refractivity contribution < 1.29 is 14.3 Å². The number of carbonyl (C=O) groups is 2. The molecule has 5 heteroatoms. The predicted molar refractivity (Wildman–Crippen MR) is 95.2 cm³/mol. The molecule has 1 aliphatic heterocycles. The highest BCUT2D eigenvalue weighted by Crippen LogP contribution is 2.27. The lowest BCUT2D eigenvalue weighted by molar-refractivity contribution is -0.126. The Morgan fingerprint density at radius 2 is 2.04 bits per heavy atom. The van der Waals surface area contributed by atoms with Gasteiger partial charge in [0.2, 0.25) is 11.8 Å². The Morgan fingerprint density at radius 1 is 1.33 bits per heavy atom. The van der Waals surface area contributed by atoms with Gasteiger partial charge < -0.3 is 15.0 Å². The van der Waals surface area contributed by atoms with Crippen molar-refractivity contribution in [3.63, 3.8) is 0 Å². The van der Waals surface area contributed by atoms with Crippen molar-refractivity contribution in [2.75, 3.05) is 18.1 Å². The monoisotopic (exact) mass is 332 g/mol. The van der Waals surface area contributed by atoms with Crippen LogP contribution in [0, 0.1) is 5.92 Å². The number of ether oxygens (including phenoxy) is 1. The largest absolute Gasteiger partial charge is 0.494 e. The van der Waals surface area contributed by atoms with Gasteiger partial charge >= 0.3 is 0 Å². The third-order valence-electron chi connectivity index (χ3n) is 4.33. The fourth-order valence-electron chi connectivity index (χ4n) is 2.96. The molecule has 0 aromatic heterocycles. The van der Waals surface area contributed by atoms with Crippen LogP contribution in [0.3, 0.4) is 0 Å². The zero-order valence-corrected chi connectivity index (χ0v) is 14.9. The lowest BCUT2D eigenvalue weighted by atomic mass is 10.1. The quantitative estimate of drug-likeness (QED) is 0.795. The summed E-state index contributed by atoms with van der Waals surface area (Å²) >= 11 is 0. The number of hydrogen-bond acceptors (Lipinski definition) is 3. The average molecular weight is 332 g/mol. The van der Waals surface area contributed by atoms with Gasteiger partial charge in [-0.3, -0.25) is 9.59 Å². The standard InChI is InChI=1S/C19H28N2O3/c1-4-6-7-14(3)20-19(23)15-12-18(22)21(13-15)16-8-10-17(11-9-16)24-5-2/h8-11,14-15H,4-7,12-13H2,1-3H3,(H,20,23)/t14-,15-/m1/s1. The van der Waals surface area contributed by atoms with Crippen LogP contribution in [0.5, 0.6) is 5.75 Å². The van der Waals surface area contributed by atoms with Crippen LogP contribution in [0.1, 0.15) is 46.5 Å².